The van der Waals surface area contributed by atoms with E-state index in [2.05, 4.69) is 0 Å². The standard InChI is InChI=1S/C15H24N2O6P/c1-6-22-12-8-9-13(16(19)20)14(10-12)17(11(3)4,24(5)21)15(18)23-7-2/h8-11,24H,6-7H2,1-5H3/q+1. The molecular weight excluding hydrogens is 335 g/mol. The number of carbonyl (C=O) groups is 1. The molecule has 0 fully saturated rings. The molecule has 0 aliphatic heterocycles. The zero-order valence-corrected chi connectivity index (χ0v) is 15.6. The Kier molecular flexibility index (Phi) is 6.93. The molecule has 24 heavy (non-hydrogen) atoms. The molecule has 0 heterocycles. The van der Waals surface area contributed by atoms with E-state index in [-0.39, 0.29) is 18.0 Å². The number of nitro groups is 1. The maximum absolute atomic E-state index is 12.7. The topological polar surface area (TPSA) is 95.7 Å². The van der Waals surface area contributed by atoms with E-state index in [1.54, 1.807) is 27.7 Å². The molecule has 0 bridgehead atoms. The fourth-order valence-electron chi connectivity index (χ4n) is 2.67. The Morgan fingerprint density at radius 3 is 2.38 bits per heavy atom. The molecule has 1 aromatic carbocycles. The molecule has 0 spiro atoms. The van der Waals surface area contributed by atoms with Gasteiger partial charge in [-0.15, -0.1) is 4.25 Å². The smallest absolute Gasteiger partial charge is 0.494 e. The zero-order chi connectivity index (χ0) is 18.5. The van der Waals surface area contributed by atoms with Gasteiger partial charge in [-0.25, -0.2) is 0 Å². The average Bonchev–Trinajstić information content (AvgIpc) is 2.47. The summed E-state index contributed by atoms with van der Waals surface area (Å²) in [4.78, 5) is 23.6. The van der Waals surface area contributed by atoms with Crippen molar-refractivity contribution in [3.05, 3.63) is 28.3 Å². The third-order valence-corrected chi connectivity index (χ3v) is 5.59. The van der Waals surface area contributed by atoms with E-state index in [0.29, 0.717) is 12.4 Å². The van der Waals surface area contributed by atoms with Crippen molar-refractivity contribution < 1.29 is 23.8 Å². The van der Waals surface area contributed by atoms with Crippen LogP contribution in [0.25, 0.3) is 0 Å². The number of amides is 1. The van der Waals surface area contributed by atoms with Gasteiger partial charge >= 0.3 is 11.8 Å². The summed E-state index contributed by atoms with van der Waals surface area (Å²) < 4.78 is 22.4. The molecule has 2 atom stereocenters. The van der Waals surface area contributed by atoms with Crippen molar-refractivity contribution in [1.29, 1.82) is 0 Å². The Morgan fingerprint density at radius 1 is 1.33 bits per heavy atom. The Balaban J connectivity index is 3.79. The van der Waals surface area contributed by atoms with Gasteiger partial charge in [0.2, 0.25) is 13.6 Å². The largest absolute Gasteiger partial charge is 0.524 e. The second kappa shape index (κ2) is 8.26. The summed E-state index contributed by atoms with van der Waals surface area (Å²) in [6.07, 6.45) is -0.768. The molecule has 2 unspecified atom stereocenters. The van der Waals surface area contributed by atoms with Gasteiger partial charge in [0.05, 0.1) is 18.1 Å². The van der Waals surface area contributed by atoms with Crippen molar-refractivity contribution in [2.24, 2.45) is 0 Å². The quantitative estimate of drug-likeness (QED) is 0.415. The van der Waals surface area contributed by atoms with E-state index in [1.165, 1.54) is 24.9 Å². The molecule has 0 N–H and O–H groups in total. The normalized spacial score (nSPS) is 14.8. The van der Waals surface area contributed by atoms with Crippen LogP contribution >= 0.6 is 7.95 Å². The second-order valence-electron chi connectivity index (χ2n) is 5.38. The SMILES string of the molecule is CCOC(=O)[N+](c1cc(OCC)ccc1[N+](=O)[O-])(C(C)C)[PH](C)=O. The summed E-state index contributed by atoms with van der Waals surface area (Å²) in [7, 11) is -2.64. The molecule has 0 saturated heterocycles. The van der Waals surface area contributed by atoms with Crippen LogP contribution in [0.15, 0.2) is 18.2 Å². The molecule has 0 aliphatic carbocycles. The van der Waals surface area contributed by atoms with Crippen LogP contribution in [-0.2, 0) is 9.30 Å². The number of hydrogen-bond donors (Lipinski definition) is 0. The van der Waals surface area contributed by atoms with Crippen molar-refractivity contribution in [2.45, 2.75) is 33.7 Å². The van der Waals surface area contributed by atoms with Crippen LogP contribution in [0.4, 0.5) is 16.2 Å². The molecule has 0 radical (unpaired) electrons. The van der Waals surface area contributed by atoms with Crippen molar-refractivity contribution in [2.75, 3.05) is 19.9 Å². The lowest BCUT2D eigenvalue weighted by atomic mass is 10.2. The summed E-state index contributed by atoms with van der Waals surface area (Å²) in [6.45, 7) is 8.61. The van der Waals surface area contributed by atoms with Gasteiger partial charge in [-0.2, -0.15) is 4.79 Å². The Morgan fingerprint density at radius 2 is 1.96 bits per heavy atom. The predicted octanol–water partition coefficient (Wildman–Crippen LogP) is 3.97. The predicted molar refractivity (Wildman–Crippen MR) is 93.1 cm³/mol. The van der Waals surface area contributed by atoms with Gasteiger partial charge < -0.3 is 9.47 Å². The van der Waals surface area contributed by atoms with E-state index >= 15 is 0 Å². The zero-order valence-electron chi connectivity index (χ0n) is 14.6. The van der Waals surface area contributed by atoms with Crippen LogP contribution in [0.1, 0.15) is 27.7 Å². The lowest BCUT2D eigenvalue weighted by Gasteiger charge is -2.35. The van der Waals surface area contributed by atoms with Crippen molar-refractivity contribution in [3.8, 4) is 5.75 Å². The van der Waals surface area contributed by atoms with Gasteiger partial charge in [0.25, 0.3) is 0 Å². The molecule has 1 amide bonds. The first-order valence-corrected chi connectivity index (χ1v) is 9.57. The first kappa shape index (κ1) is 20.1. The number of ether oxygens (including phenoxy) is 2. The summed E-state index contributed by atoms with van der Waals surface area (Å²) in [5.74, 6) is 0.369. The van der Waals surface area contributed by atoms with Gasteiger partial charge in [0, 0.05) is 18.8 Å². The monoisotopic (exact) mass is 359 g/mol. The van der Waals surface area contributed by atoms with Crippen molar-refractivity contribution in [3.63, 3.8) is 0 Å². The van der Waals surface area contributed by atoms with Crippen molar-refractivity contribution >= 4 is 25.4 Å². The fraction of sp³-hybridized carbons (Fsp3) is 0.533. The third kappa shape index (κ3) is 3.60. The molecule has 8 nitrogen and oxygen atoms in total. The average molecular weight is 359 g/mol. The Bertz CT molecular complexity index is 649. The van der Waals surface area contributed by atoms with Gasteiger partial charge in [-0.3, -0.25) is 14.7 Å². The minimum absolute atomic E-state index is 0.0192. The highest BCUT2D eigenvalue weighted by atomic mass is 31.1. The van der Waals surface area contributed by atoms with Crippen LogP contribution in [0, 0.1) is 10.1 Å². The highest BCUT2D eigenvalue weighted by Gasteiger charge is 2.51. The fourth-order valence-corrected chi connectivity index (χ4v) is 4.24. The highest BCUT2D eigenvalue weighted by Crippen LogP contribution is 2.49. The summed E-state index contributed by atoms with van der Waals surface area (Å²) in [5.41, 5.74) is -0.272. The molecule has 0 aliphatic rings. The van der Waals surface area contributed by atoms with Crippen LogP contribution in [0.5, 0.6) is 5.75 Å². The molecule has 1 aromatic rings. The number of nitro benzene ring substituents is 1. The number of carbonyl (C=O) groups excluding carboxylic acids is 1. The summed E-state index contributed by atoms with van der Waals surface area (Å²) in [6, 6.07) is 3.61. The van der Waals surface area contributed by atoms with Gasteiger partial charge in [-0.1, -0.05) is 0 Å². The lowest BCUT2D eigenvalue weighted by Crippen LogP contribution is -2.53. The first-order chi connectivity index (χ1) is 11.2. The molecule has 1 rings (SSSR count). The first-order valence-electron chi connectivity index (χ1n) is 7.72. The van der Waals surface area contributed by atoms with E-state index in [1.807, 2.05) is 0 Å². The maximum Gasteiger partial charge on any atom is 0.524 e. The number of hydrogen-bond acceptors (Lipinski definition) is 6. The van der Waals surface area contributed by atoms with Crippen molar-refractivity contribution in [1.82, 2.24) is 4.25 Å². The Labute approximate surface area is 141 Å². The van der Waals surface area contributed by atoms with E-state index in [4.69, 9.17) is 9.47 Å². The molecule has 134 valence electrons. The lowest BCUT2D eigenvalue weighted by molar-refractivity contribution is -0.384. The number of quaternary nitrogens is 1. The second-order valence-corrected chi connectivity index (χ2v) is 7.12. The number of nitrogens with zero attached hydrogens (tertiary/aromatic N) is 2. The molecule has 9 heteroatoms. The van der Waals surface area contributed by atoms with Crippen LogP contribution in [-0.4, -0.2) is 36.9 Å². The van der Waals surface area contributed by atoms with Crippen LogP contribution in [0.2, 0.25) is 0 Å². The van der Waals surface area contributed by atoms with E-state index in [0.717, 1.165) is 0 Å². The highest BCUT2D eigenvalue weighted by molar-refractivity contribution is 7.44. The van der Waals surface area contributed by atoms with Gasteiger partial charge in [0.1, 0.15) is 11.8 Å². The number of benzene rings is 1. The van der Waals surface area contributed by atoms with Crippen LogP contribution < -0.4 is 8.99 Å². The van der Waals surface area contributed by atoms with Gasteiger partial charge in [0.15, 0.2) is 0 Å². The Hall–Kier alpha value is -1.92. The molecule has 0 aromatic heterocycles. The van der Waals surface area contributed by atoms with E-state index in [9.17, 15) is 19.5 Å². The van der Waals surface area contributed by atoms with Gasteiger partial charge in [-0.05, 0) is 33.8 Å². The number of rotatable bonds is 7. The van der Waals surface area contributed by atoms with E-state index < -0.39 is 29.3 Å². The molecule has 0 saturated carbocycles. The van der Waals surface area contributed by atoms with Crippen LogP contribution in [0.3, 0.4) is 0 Å². The summed E-state index contributed by atoms with van der Waals surface area (Å²) in [5, 5.41) is 11.5. The third-order valence-electron chi connectivity index (χ3n) is 3.66. The minimum atomic E-state index is -2.64. The minimum Gasteiger partial charge on any atom is -0.494 e. The summed E-state index contributed by atoms with van der Waals surface area (Å²) >= 11 is 0. The molecular formula is C15H24N2O6P+. The maximum atomic E-state index is 12.7.